The molecule has 0 aliphatic carbocycles. The average molecular weight is 506 g/mol. The summed E-state index contributed by atoms with van der Waals surface area (Å²) in [6, 6.07) is 11.0. The fraction of sp³-hybridized carbons (Fsp3) is 0.500. The van der Waals surface area contributed by atoms with E-state index in [0.717, 1.165) is 25.1 Å². The van der Waals surface area contributed by atoms with Gasteiger partial charge in [-0.05, 0) is 19.4 Å². The highest BCUT2D eigenvalue weighted by Gasteiger charge is 2.49. The Morgan fingerprint density at radius 1 is 1.29 bits per heavy atom. The van der Waals surface area contributed by atoms with Gasteiger partial charge in [-0.15, -0.1) is 0 Å². The highest BCUT2D eigenvalue weighted by Crippen LogP contribution is 2.40. The first-order valence-electron chi connectivity index (χ1n) is 11.5. The lowest BCUT2D eigenvalue weighted by Crippen LogP contribution is -2.64. The monoisotopic (exact) mass is 505 g/mol. The molecule has 10 heteroatoms. The van der Waals surface area contributed by atoms with Crippen molar-refractivity contribution in [3.05, 3.63) is 58.9 Å². The fourth-order valence-corrected chi connectivity index (χ4v) is 5.86. The first kappa shape index (κ1) is 24.0. The molecule has 1 amide bonds. The zero-order valence-electron chi connectivity index (χ0n) is 18.8. The number of nitrogens with zero attached hydrogens (tertiary/aromatic N) is 2. The Labute approximate surface area is 208 Å². The van der Waals surface area contributed by atoms with Gasteiger partial charge >= 0.3 is 0 Å². The Balaban J connectivity index is 1.36. The minimum Gasteiger partial charge on any atom is -0.373 e. The van der Waals surface area contributed by atoms with E-state index in [4.69, 9.17) is 36.3 Å². The SMILES string of the molecule is CCOC1C(Sc2cc(Cl)cnc2C(=O)N2CCC2)OC2COC(c3ccccc3)OC2C1N. The van der Waals surface area contributed by atoms with Crippen molar-refractivity contribution in [3.8, 4) is 0 Å². The van der Waals surface area contributed by atoms with Gasteiger partial charge in [0.05, 0.1) is 17.7 Å². The van der Waals surface area contributed by atoms with Crippen LogP contribution >= 0.6 is 23.4 Å². The van der Waals surface area contributed by atoms with Crippen LogP contribution < -0.4 is 5.73 Å². The summed E-state index contributed by atoms with van der Waals surface area (Å²) in [6.07, 6.45) is 0.757. The predicted molar refractivity (Wildman–Crippen MR) is 128 cm³/mol. The predicted octanol–water partition coefficient (Wildman–Crippen LogP) is 3.24. The van der Waals surface area contributed by atoms with E-state index in [0.29, 0.717) is 28.8 Å². The summed E-state index contributed by atoms with van der Waals surface area (Å²) >= 11 is 7.60. The molecular weight excluding hydrogens is 478 g/mol. The molecule has 1 aromatic heterocycles. The molecule has 5 rings (SSSR count). The second kappa shape index (κ2) is 10.5. The van der Waals surface area contributed by atoms with Crippen LogP contribution in [0, 0.1) is 0 Å². The number of benzene rings is 1. The standard InChI is InChI=1S/C24H28ClN3O5S/c1-2-30-21-18(26)20-16(13-31-23(33-20)14-7-4-3-5-8-14)32-24(21)34-17-11-15(25)12-27-19(17)22(29)28-9-6-10-28/h3-5,7-8,11-12,16,18,20-21,23-24H,2,6,9-10,13,26H2,1H3. The quantitative estimate of drug-likeness (QED) is 0.639. The number of thioether (sulfide) groups is 1. The van der Waals surface area contributed by atoms with Crippen LogP contribution in [-0.4, -0.2) is 71.9 Å². The van der Waals surface area contributed by atoms with Crippen molar-refractivity contribution in [2.75, 3.05) is 26.3 Å². The molecule has 0 radical (unpaired) electrons. The maximum Gasteiger partial charge on any atom is 0.273 e. The number of aromatic nitrogens is 1. The van der Waals surface area contributed by atoms with Crippen LogP contribution in [0.5, 0.6) is 0 Å². The Morgan fingerprint density at radius 3 is 2.79 bits per heavy atom. The normalized spacial score (nSPS) is 31.0. The van der Waals surface area contributed by atoms with E-state index >= 15 is 0 Å². The summed E-state index contributed by atoms with van der Waals surface area (Å²) in [5.74, 6) is -0.105. The summed E-state index contributed by atoms with van der Waals surface area (Å²) in [5.41, 5.74) is 7.50. The van der Waals surface area contributed by atoms with Gasteiger partial charge < -0.3 is 29.6 Å². The van der Waals surface area contributed by atoms with E-state index in [1.165, 1.54) is 18.0 Å². The van der Waals surface area contributed by atoms with E-state index in [-0.39, 0.29) is 12.0 Å². The van der Waals surface area contributed by atoms with Crippen molar-refractivity contribution in [1.82, 2.24) is 9.88 Å². The van der Waals surface area contributed by atoms with Gasteiger partial charge in [0.2, 0.25) is 0 Å². The summed E-state index contributed by atoms with van der Waals surface area (Å²) in [4.78, 5) is 19.7. The summed E-state index contributed by atoms with van der Waals surface area (Å²) < 4.78 is 24.6. The van der Waals surface area contributed by atoms with Crippen molar-refractivity contribution < 1.29 is 23.7 Å². The number of halogens is 1. The largest absolute Gasteiger partial charge is 0.373 e. The topological polar surface area (TPSA) is 96.1 Å². The zero-order chi connectivity index (χ0) is 23.7. The number of hydrogen-bond acceptors (Lipinski definition) is 8. The van der Waals surface area contributed by atoms with Crippen molar-refractivity contribution >= 4 is 29.3 Å². The molecule has 2 aromatic rings. The molecule has 4 heterocycles. The first-order valence-corrected chi connectivity index (χ1v) is 12.8. The molecule has 34 heavy (non-hydrogen) atoms. The lowest BCUT2D eigenvalue weighted by atomic mass is 9.96. The summed E-state index contributed by atoms with van der Waals surface area (Å²) in [7, 11) is 0. The number of hydrogen-bond donors (Lipinski definition) is 1. The lowest BCUT2D eigenvalue weighted by Gasteiger charge is -2.48. The van der Waals surface area contributed by atoms with Gasteiger partial charge in [-0.2, -0.15) is 0 Å². The van der Waals surface area contributed by atoms with Crippen LogP contribution in [0.25, 0.3) is 0 Å². The Morgan fingerprint density at radius 2 is 2.09 bits per heavy atom. The second-order valence-corrected chi connectivity index (χ2v) is 10.1. The fourth-order valence-electron chi connectivity index (χ4n) is 4.35. The number of likely N-dealkylation sites (tertiary alicyclic amines) is 1. The van der Waals surface area contributed by atoms with Gasteiger partial charge in [0, 0.05) is 36.4 Å². The Hall–Kier alpha value is -1.72. The molecule has 3 fully saturated rings. The van der Waals surface area contributed by atoms with Gasteiger partial charge in [-0.25, -0.2) is 4.98 Å². The molecule has 182 valence electrons. The number of rotatable bonds is 6. The zero-order valence-corrected chi connectivity index (χ0v) is 20.4. The number of carbonyl (C=O) groups is 1. The number of nitrogens with two attached hydrogens (primary N) is 1. The summed E-state index contributed by atoms with van der Waals surface area (Å²) in [6.45, 7) is 4.18. The van der Waals surface area contributed by atoms with Gasteiger partial charge in [-0.1, -0.05) is 53.7 Å². The molecule has 1 aromatic carbocycles. The molecule has 6 unspecified atom stereocenters. The van der Waals surface area contributed by atoms with E-state index in [9.17, 15) is 4.79 Å². The first-order chi connectivity index (χ1) is 16.5. The molecule has 2 N–H and O–H groups in total. The number of pyridine rings is 1. The van der Waals surface area contributed by atoms with Crippen LogP contribution in [0.1, 0.15) is 35.7 Å². The Bertz CT molecular complexity index is 1010. The third-order valence-corrected chi connectivity index (χ3v) is 7.62. The molecule has 6 atom stereocenters. The average Bonchev–Trinajstić information content (AvgIpc) is 2.81. The number of amides is 1. The number of ether oxygens (including phenoxy) is 4. The third-order valence-electron chi connectivity index (χ3n) is 6.23. The third kappa shape index (κ3) is 4.83. The molecule has 0 saturated carbocycles. The smallest absolute Gasteiger partial charge is 0.273 e. The van der Waals surface area contributed by atoms with Crippen LogP contribution in [0.2, 0.25) is 5.02 Å². The molecule has 3 aliphatic rings. The molecule has 0 bridgehead atoms. The van der Waals surface area contributed by atoms with Crippen LogP contribution in [0.4, 0.5) is 0 Å². The van der Waals surface area contributed by atoms with Crippen LogP contribution in [-0.2, 0) is 18.9 Å². The number of carbonyl (C=O) groups excluding carboxylic acids is 1. The van der Waals surface area contributed by atoms with Crippen molar-refractivity contribution in [2.45, 2.75) is 54.3 Å². The Kier molecular flexibility index (Phi) is 7.41. The van der Waals surface area contributed by atoms with Crippen molar-refractivity contribution in [1.29, 1.82) is 0 Å². The minimum absolute atomic E-state index is 0.105. The maximum absolute atomic E-state index is 12.9. The second-order valence-electron chi connectivity index (χ2n) is 8.48. The highest BCUT2D eigenvalue weighted by atomic mass is 35.5. The highest BCUT2D eigenvalue weighted by molar-refractivity contribution is 8.00. The molecule has 3 aliphatic heterocycles. The number of fused-ring (bicyclic) bond motifs is 1. The molecule has 3 saturated heterocycles. The summed E-state index contributed by atoms with van der Waals surface area (Å²) in [5, 5.41) is 0.448. The van der Waals surface area contributed by atoms with E-state index in [1.54, 1.807) is 11.0 Å². The van der Waals surface area contributed by atoms with E-state index in [2.05, 4.69) is 4.98 Å². The van der Waals surface area contributed by atoms with E-state index in [1.807, 2.05) is 37.3 Å². The van der Waals surface area contributed by atoms with Gasteiger partial charge in [0.1, 0.15) is 29.4 Å². The van der Waals surface area contributed by atoms with Crippen LogP contribution in [0.15, 0.2) is 47.5 Å². The lowest BCUT2D eigenvalue weighted by molar-refractivity contribution is -0.300. The van der Waals surface area contributed by atoms with Gasteiger partial charge in [0.25, 0.3) is 5.91 Å². The molecule has 0 spiro atoms. The van der Waals surface area contributed by atoms with E-state index < -0.39 is 30.0 Å². The molecule has 8 nitrogen and oxygen atoms in total. The van der Waals surface area contributed by atoms with Gasteiger partial charge in [-0.3, -0.25) is 4.79 Å². The van der Waals surface area contributed by atoms with Crippen molar-refractivity contribution in [3.63, 3.8) is 0 Å². The van der Waals surface area contributed by atoms with Gasteiger partial charge in [0.15, 0.2) is 6.29 Å². The minimum atomic E-state index is -0.513. The van der Waals surface area contributed by atoms with Crippen LogP contribution in [0.3, 0.4) is 0 Å². The molecular formula is C24H28ClN3O5S. The maximum atomic E-state index is 12.9. The van der Waals surface area contributed by atoms with Crippen molar-refractivity contribution in [2.24, 2.45) is 5.73 Å².